The zero-order valence-electron chi connectivity index (χ0n) is 18.1. The Hall–Kier alpha value is -3.27. The molecule has 172 valence electrons. The number of rotatable bonds is 7. The molecule has 1 heterocycles. The predicted molar refractivity (Wildman–Crippen MR) is 123 cm³/mol. The van der Waals surface area contributed by atoms with Crippen molar-refractivity contribution in [1.82, 2.24) is 10.2 Å². The number of nitrogens with zero attached hydrogens (tertiary/aromatic N) is 1. The first kappa shape index (κ1) is 23.4. The Labute approximate surface area is 188 Å². The van der Waals surface area contributed by atoms with Crippen LogP contribution in [0.25, 0.3) is 0 Å². The van der Waals surface area contributed by atoms with Gasteiger partial charge in [-0.05, 0) is 36.6 Å². The van der Waals surface area contributed by atoms with Crippen LogP contribution < -0.4 is 20.1 Å². The van der Waals surface area contributed by atoms with Crippen LogP contribution in [0.15, 0.2) is 48.5 Å². The fraction of sp³-hybridized carbons (Fsp3) is 0.364. The van der Waals surface area contributed by atoms with E-state index in [1.54, 1.807) is 48.4 Å². The van der Waals surface area contributed by atoms with Crippen LogP contribution in [-0.2, 0) is 21.4 Å². The summed E-state index contributed by atoms with van der Waals surface area (Å²) in [6.45, 7) is 1.10. The highest BCUT2D eigenvalue weighted by molar-refractivity contribution is 7.92. The molecule has 1 aliphatic heterocycles. The maximum Gasteiger partial charge on any atom is 0.317 e. The number of benzene rings is 2. The SMILES string of the molecule is COc1ccccc1NC(=O)C1CCN(C(=O)NCc2ccccc2NS(C)(=O)=O)CC1. The van der Waals surface area contributed by atoms with Crippen LogP contribution in [0.1, 0.15) is 18.4 Å². The number of carbonyl (C=O) groups excluding carboxylic acids is 2. The van der Waals surface area contributed by atoms with E-state index in [0.717, 1.165) is 6.26 Å². The van der Waals surface area contributed by atoms with Gasteiger partial charge in [0.15, 0.2) is 0 Å². The molecular formula is C22H28N4O5S. The van der Waals surface area contributed by atoms with Gasteiger partial charge in [-0.1, -0.05) is 30.3 Å². The van der Waals surface area contributed by atoms with Gasteiger partial charge in [0.1, 0.15) is 5.75 Å². The third-order valence-corrected chi connectivity index (χ3v) is 5.85. The van der Waals surface area contributed by atoms with E-state index in [-0.39, 0.29) is 24.4 Å². The summed E-state index contributed by atoms with van der Waals surface area (Å²) in [6, 6.07) is 13.9. The van der Waals surface area contributed by atoms with E-state index in [4.69, 9.17) is 4.74 Å². The molecule has 3 N–H and O–H groups in total. The Morgan fingerprint density at radius 3 is 2.31 bits per heavy atom. The van der Waals surface area contributed by atoms with Crippen LogP contribution in [0.4, 0.5) is 16.2 Å². The maximum absolute atomic E-state index is 12.6. The molecule has 0 atom stereocenters. The molecule has 0 radical (unpaired) electrons. The van der Waals surface area contributed by atoms with Crippen molar-refractivity contribution in [3.05, 3.63) is 54.1 Å². The molecule has 0 unspecified atom stereocenters. The van der Waals surface area contributed by atoms with E-state index in [2.05, 4.69) is 15.4 Å². The molecule has 0 aromatic heterocycles. The number of carbonyl (C=O) groups is 2. The number of likely N-dealkylation sites (tertiary alicyclic amines) is 1. The summed E-state index contributed by atoms with van der Waals surface area (Å²) in [6.07, 6.45) is 2.19. The highest BCUT2D eigenvalue weighted by Crippen LogP contribution is 2.26. The Morgan fingerprint density at radius 1 is 1.03 bits per heavy atom. The molecule has 10 heteroatoms. The molecule has 3 rings (SSSR count). The first-order valence-electron chi connectivity index (χ1n) is 10.3. The van der Waals surface area contributed by atoms with Gasteiger partial charge in [0.05, 0.1) is 24.7 Å². The molecule has 32 heavy (non-hydrogen) atoms. The molecule has 3 amide bonds. The van der Waals surface area contributed by atoms with Crippen LogP contribution in [0.2, 0.25) is 0 Å². The standard InChI is InChI=1S/C22H28N4O5S/c1-31-20-10-6-5-9-19(20)24-21(27)16-11-13-26(14-12-16)22(28)23-15-17-7-3-4-8-18(17)25-32(2,29)30/h3-10,16,25H,11-15H2,1-2H3,(H,23,28)(H,24,27). The number of ether oxygens (including phenoxy) is 1. The summed E-state index contributed by atoms with van der Waals surface area (Å²) in [5, 5.41) is 5.74. The van der Waals surface area contributed by atoms with Gasteiger partial charge in [-0.25, -0.2) is 13.2 Å². The summed E-state index contributed by atoms with van der Waals surface area (Å²) >= 11 is 0. The zero-order valence-corrected chi connectivity index (χ0v) is 18.9. The second-order valence-corrected chi connectivity index (χ2v) is 9.39. The number of piperidine rings is 1. The highest BCUT2D eigenvalue weighted by atomic mass is 32.2. The topological polar surface area (TPSA) is 117 Å². The number of hydrogen-bond acceptors (Lipinski definition) is 5. The summed E-state index contributed by atoms with van der Waals surface area (Å²) in [5.74, 6) is 0.322. The van der Waals surface area contributed by atoms with Crippen molar-refractivity contribution in [3.63, 3.8) is 0 Å². The van der Waals surface area contributed by atoms with Crippen molar-refractivity contribution in [2.45, 2.75) is 19.4 Å². The molecule has 2 aromatic rings. The molecular weight excluding hydrogens is 432 g/mol. The summed E-state index contributed by atoms with van der Waals surface area (Å²) in [4.78, 5) is 26.9. The first-order chi connectivity index (χ1) is 15.3. The lowest BCUT2D eigenvalue weighted by molar-refractivity contribution is -0.121. The molecule has 9 nitrogen and oxygen atoms in total. The number of sulfonamides is 1. The third kappa shape index (κ3) is 6.36. The van der Waals surface area contributed by atoms with Gasteiger partial charge in [0.25, 0.3) is 0 Å². The Bertz CT molecular complexity index is 1070. The Balaban J connectivity index is 1.50. The lowest BCUT2D eigenvalue weighted by Crippen LogP contribution is -2.45. The van der Waals surface area contributed by atoms with E-state index >= 15 is 0 Å². The summed E-state index contributed by atoms with van der Waals surface area (Å²) in [5.41, 5.74) is 1.72. The second-order valence-electron chi connectivity index (χ2n) is 7.64. The fourth-order valence-corrected chi connectivity index (χ4v) is 4.18. The fourth-order valence-electron chi connectivity index (χ4n) is 3.58. The molecule has 1 saturated heterocycles. The summed E-state index contributed by atoms with van der Waals surface area (Å²) in [7, 11) is -1.87. The minimum atomic E-state index is -3.42. The average molecular weight is 461 g/mol. The normalized spacial score (nSPS) is 14.5. The highest BCUT2D eigenvalue weighted by Gasteiger charge is 2.27. The summed E-state index contributed by atoms with van der Waals surface area (Å²) < 4.78 is 30.8. The van der Waals surface area contributed by atoms with Crippen molar-refractivity contribution in [2.75, 3.05) is 36.5 Å². The average Bonchev–Trinajstić information content (AvgIpc) is 2.77. The van der Waals surface area contributed by atoms with E-state index in [1.807, 2.05) is 12.1 Å². The molecule has 0 aliphatic carbocycles. The van der Waals surface area contributed by atoms with Crippen molar-refractivity contribution in [3.8, 4) is 5.75 Å². The van der Waals surface area contributed by atoms with Crippen LogP contribution in [0.5, 0.6) is 5.75 Å². The number of hydrogen-bond donors (Lipinski definition) is 3. The van der Waals surface area contributed by atoms with E-state index in [0.29, 0.717) is 48.6 Å². The van der Waals surface area contributed by atoms with Gasteiger partial charge in [0, 0.05) is 25.6 Å². The van der Waals surface area contributed by atoms with Gasteiger partial charge in [0.2, 0.25) is 15.9 Å². The molecule has 1 aliphatic rings. The van der Waals surface area contributed by atoms with Gasteiger partial charge in [-0.2, -0.15) is 0 Å². The quantitative estimate of drug-likeness (QED) is 0.587. The van der Waals surface area contributed by atoms with E-state index in [1.165, 1.54) is 0 Å². The van der Waals surface area contributed by atoms with Gasteiger partial charge in [-0.15, -0.1) is 0 Å². The van der Waals surface area contributed by atoms with Crippen molar-refractivity contribution in [1.29, 1.82) is 0 Å². The second kappa shape index (κ2) is 10.4. The minimum Gasteiger partial charge on any atom is -0.495 e. The minimum absolute atomic E-state index is 0.0877. The number of methoxy groups -OCH3 is 1. The monoisotopic (exact) mass is 460 g/mol. The number of amides is 3. The number of para-hydroxylation sites is 3. The van der Waals surface area contributed by atoms with Crippen LogP contribution in [0, 0.1) is 5.92 Å². The van der Waals surface area contributed by atoms with Crippen molar-refractivity contribution in [2.24, 2.45) is 5.92 Å². The largest absolute Gasteiger partial charge is 0.495 e. The third-order valence-electron chi connectivity index (χ3n) is 5.26. The zero-order chi connectivity index (χ0) is 23.1. The maximum atomic E-state index is 12.6. The van der Waals surface area contributed by atoms with Gasteiger partial charge >= 0.3 is 6.03 Å². The van der Waals surface area contributed by atoms with E-state index in [9.17, 15) is 18.0 Å². The van der Waals surface area contributed by atoms with Gasteiger partial charge < -0.3 is 20.3 Å². The predicted octanol–water partition coefficient (Wildman–Crippen LogP) is 2.63. The van der Waals surface area contributed by atoms with Crippen LogP contribution in [-0.4, -0.2) is 51.7 Å². The van der Waals surface area contributed by atoms with Gasteiger partial charge in [-0.3, -0.25) is 9.52 Å². The molecule has 2 aromatic carbocycles. The number of nitrogens with one attached hydrogen (secondary N) is 3. The molecule has 0 bridgehead atoms. The lowest BCUT2D eigenvalue weighted by Gasteiger charge is -2.31. The lowest BCUT2D eigenvalue weighted by atomic mass is 9.96. The molecule has 0 spiro atoms. The molecule has 1 fully saturated rings. The Morgan fingerprint density at radius 2 is 1.66 bits per heavy atom. The first-order valence-corrected chi connectivity index (χ1v) is 12.2. The number of anilines is 2. The Kier molecular flexibility index (Phi) is 7.57. The van der Waals surface area contributed by atoms with E-state index < -0.39 is 10.0 Å². The smallest absolute Gasteiger partial charge is 0.317 e. The van der Waals surface area contributed by atoms with Crippen molar-refractivity contribution >= 4 is 33.3 Å². The molecule has 0 saturated carbocycles. The van der Waals surface area contributed by atoms with Crippen LogP contribution in [0.3, 0.4) is 0 Å². The number of urea groups is 1. The van der Waals surface area contributed by atoms with Crippen LogP contribution >= 0.6 is 0 Å². The van der Waals surface area contributed by atoms with Crippen molar-refractivity contribution < 1.29 is 22.7 Å².